The first-order chi connectivity index (χ1) is 13.0. The molecule has 1 amide bonds. The predicted octanol–water partition coefficient (Wildman–Crippen LogP) is 4.73. The molecule has 1 aliphatic rings. The fourth-order valence-electron chi connectivity index (χ4n) is 2.62. The van der Waals surface area contributed by atoms with Gasteiger partial charge in [0.05, 0.1) is 17.1 Å². The SMILES string of the molecule is CCCN1C(=O)/C(=C/c2ccc(-c3ccc(C(=O)OCC)cc3)o2)SC1=S. The molecule has 0 radical (unpaired) electrons. The molecule has 1 aromatic carbocycles. The van der Waals surface area contributed by atoms with E-state index in [1.165, 1.54) is 11.8 Å². The topological polar surface area (TPSA) is 59.8 Å². The number of ether oxygens (including phenoxy) is 1. The molecule has 2 aromatic rings. The molecular weight excluding hydrogens is 382 g/mol. The molecule has 0 aliphatic carbocycles. The van der Waals surface area contributed by atoms with Crippen molar-refractivity contribution in [3.05, 3.63) is 52.6 Å². The zero-order chi connectivity index (χ0) is 19.4. The lowest BCUT2D eigenvalue weighted by Gasteiger charge is -2.11. The number of rotatable bonds is 6. The lowest BCUT2D eigenvalue weighted by molar-refractivity contribution is -0.122. The van der Waals surface area contributed by atoms with Crippen molar-refractivity contribution in [2.75, 3.05) is 13.2 Å². The second-order valence-electron chi connectivity index (χ2n) is 5.83. The Balaban J connectivity index is 1.76. The van der Waals surface area contributed by atoms with Crippen molar-refractivity contribution in [1.82, 2.24) is 4.90 Å². The highest BCUT2D eigenvalue weighted by atomic mass is 32.2. The molecule has 1 saturated heterocycles. The number of thioether (sulfide) groups is 1. The predicted molar refractivity (Wildman–Crippen MR) is 110 cm³/mol. The highest BCUT2D eigenvalue weighted by Crippen LogP contribution is 2.33. The van der Waals surface area contributed by atoms with Gasteiger partial charge >= 0.3 is 5.97 Å². The molecule has 2 heterocycles. The summed E-state index contributed by atoms with van der Waals surface area (Å²) < 4.78 is 11.4. The van der Waals surface area contributed by atoms with E-state index in [1.54, 1.807) is 48.2 Å². The monoisotopic (exact) mass is 401 g/mol. The minimum atomic E-state index is -0.349. The van der Waals surface area contributed by atoms with E-state index >= 15 is 0 Å². The van der Waals surface area contributed by atoms with Gasteiger partial charge in [-0.15, -0.1) is 0 Å². The zero-order valence-corrected chi connectivity index (χ0v) is 16.7. The molecule has 140 valence electrons. The van der Waals surface area contributed by atoms with Crippen LogP contribution in [0.2, 0.25) is 0 Å². The van der Waals surface area contributed by atoms with Gasteiger partial charge < -0.3 is 9.15 Å². The third-order valence-corrected chi connectivity index (χ3v) is 5.28. The molecular formula is C20H19NO4S2. The van der Waals surface area contributed by atoms with Crippen LogP contribution in [0.1, 0.15) is 36.4 Å². The van der Waals surface area contributed by atoms with Crippen LogP contribution < -0.4 is 0 Å². The van der Waals surface area contributed by atoms with Gasteiger partial charge in [0.25, 0.3) is 5.91 Å². The van der Waals surface area contributed by atoms with Crippen molar-refractivity contribution in [1.29, 1.82) is 0 Å². The maximum Gasteiger partial charge on any atom is 0.338 e. The highest BCUT2D eigenvalue weighted by molar-refractivity contribution is 8.26. The summed E-state index contributed by atoms with van der Waals surface area (Å²) in [6.45, 7) is 4.74. The maximum atomic E-state index is 12.4. The van der Waals surface area contributed by atoms with Crippen molar-refractivity contribution < 1.29 is 18.7 Å². The van der Waals surface area contributed by atoms with E-state index in [0.29, 0.717) is 39.5 Å². The fourth-order valence-corrected chi connectivity index (χ4v) is 3.90. The number of thiocarbonyl (C=S) groups is 1. The third-order valence-electron chi connectivity index (χ3n) is 3.90. The van der Waals surface area contributed by atoms with Crippen LogP contribution in [0.15, 0.2) is 45.7 Å². The van der Waals surface area contributed by atoms with Crippen molar-refractivity contribution in [2.24, 2.45) is 0 Å². The smallest absolute Gasteiger partial charge is 0.338 e. The van der Waals surface area contributed by atoms with Gasteiger partial charge in [0.15, 0.2) is 0 Å². The number of hydrogen-bond donors (Lipinski definition) is 0. The summed E-state index contributed by atoms with van der Waals surface area (Å²) in [5.74, 6) is 0.805. The molecule has 3 rings (SSSR count). The van der Waals surface area contributed by atoms with Gasteiger partial charge in [-0.05, 0) is 37.6 Å². The van der Waals surface area contributed by atoms with E-state index in [-0.39, 0.29) is 11.9 Å². The van der Waals surface area contributed by atoms with E-state index in [1.807, 2.05) is 13.0 Å². The molecule has 0 unspecified atom stereocenters. The second-order valence-corrected chi connectivity index (χ2v) is 7.51. The molecule has 0 bridgehead atoms. The van der Waals surface area contributed by atoms with Gasteiger partial charge in [-0.25, -0.2) is 4.79 Å². The summed E-state index contributed by atoms with van der Waals surface area (Å²) in [7, 11) is 0. The minimum absolute atomic E-state index is 0.0800. The van der Waals surface area contributed by atoms with Crippen LogP contribution >= 0.6 is 24.0 Å². The van der Waals surface area contributed by atoms with Crippen LogP contribution in [-0.4, -0.2) is 34.2 Å². The maximum absolute atomic E-state index is 12.4. The molecule has 5 nitrogen and oxygen atoms in total. The Kier molecular flexibility index (Phi) is 6.13. The molecule has 27 heavy (non-hydrogen) atoms. The number of carbonyl (C=O) groups is 2. The Bertz CT molecular complexity index is 899. The van der Waals surface area contributed by atoms with E-state index in [0.717, 1.165) is 12.0 Å². The largest absolute Gasteiger partial charge is 0.462 e. The van der Waals surface area contributed by atoms with E-state index in [2.05, 4.69) is 0 Å². The molecule has 1 aliphatic heterocycles. The van der Waals surface area contributed by atoms with Crippen LogP contribution in [0, 0.1) is 0 Å². The summed E-state index contributed by atoms with van der Waals surface area (Å²) >= 11 is 6.56. The Morgan fingerprint density at radius 1 is 1.22 bits per heavy atom. The van der Waals surface area contributed by atoms with E-state index < -0.39 is 0 Å². The van der Waals surface area contributed by atoms with Crippen LogP contribution in [0.5, 0.6) is 0 Å². The third kappa shape index (κ3) is 4.31. The molecule has 0 saturated carbocycles. The zero-order valence-electron chi connectivity index (χ0n) is 15.1. The van der Waals surface area contributed by atoms with Gasteiger partial charge in [-0.2, -0.15) is 0 Å². The lowest BCUT2D eigenvalue weighted by atomic mass is 10.1. The molecule has 1 fully saturated rings. The lowest BCUT2D eigenvalue weighted by Crippen LogP contribution is -2.28. The molecule has 0 atom stereocenters. The summed E-state index contributed by atoms with van der Waals surface area (Å²) in [6.07, 6.45) is 2.57. The number of furan rings is 1. The van der Waals surface area contributed by atoms with Crippen molar-refractivity contribution >= 4 is 46.3 Å². The molecule has 0 N–H and O–H groups in total. The number of amides is 1. The van der Waals surface area contributed by atoms with Gasteiger partial charge in [-0.1, -0.05) is 43.0 Å². The highest BCUT2D eigenvalue weighted by Gasteiger charge is 2.31. The summed E-state index contributed by atoms with van der Waals surface area (Å²) in [4.78, 5) is 26.3. The second kappa shape index (κ2) is 8.54. The van der Waals surface area contributed by atoms with Gasteiger partial charge in [0.2, 0.25) is 0 Å². The summed E-state index contributed by atoms with van der Waals surface area (Å²) in [5.41, 5.74) is 1.33. The van der Waals surface area contributed by atoms with Crippen LogP contribution in [0.4, 0.5) is 0 Å². The summed E-state index contributed by atoms with van der Waals surface area (Å²) in [5, 5.41) is 0. The first-order valence-corrected chi connectivity index (χ1v) is 9.88. The van der Waals surface area contributed by atoms with Crippen LogP contribution in [0.3, 0.4) is 0 Å². The normalized spacial score (nSPS) is 15.6. The Labute approximate surface area is 167 Å². The van der Waals surface area contributed by atoms with Crippen LogP contribution in [0.25, 0.3) is 17.4 Å². The standard InChI is InChI=1S/C20H19NO4S2/c1-3-11-21-18(22)17(27-20(21)26)12-15-9-10-16(25-15)13-5-7-14(8-6-13)19(23)24-4-2/h5-10,12H,3-4,11H2,1-2H3/b17-12-. The van der Waals surface area contributed by atoms with Gasteiger partial charge in [0.1, 0.15) is 15.8 Å². The Morgan fingerprint density at radius 3 is 2.63 bits per heavy atom. The van der Waals surface area contributed by atoms with Crippen molar-refractivity contribution in [3.8, 4) is 11.3 Å². The Morgan fingerprint density at radius 2 is 1.96 bits per heavy atom. The van der Waals surface area contributed by atoms with Gasteiger partial charge in [-0.3, -0.25) is 9.69 Å². The number of hydrogen-bond acceptors (Lipinski definition) is 6. The van der Waals surface area contributed by atoms with Gasteiger partial charge in [0, 0.05) is 18.2 Å². The minimum Gasteiger partial charge on any atom is -0.462 e. The quantitative estimate of drug-likeness (QED) is 0.396. The molecule has 7 heteroatoms. The molecule has 1 aromatic heterocycles. The van der Waals surface area contributed by atoms with E-state index in [9.17, 15) is 9.59 Å². The van der Waals surface area contributed by atoms with Crippen molar-refractivity contribution in [3.63, 3.8) is 0 Å². The van der Waals surface area contributed by atoms with Crippen molar-refractivity contribution in [2.45, 2.75) is 20.3 Å². The fraction of sp³-hybridized carbons (Fsp3) is 0.250. The summed E-state index contributed by atoms with van der Waals surface area (Å²) in [6, 6.07) is 10.6. The average molecular weight is 402 g/mol. The number of benzene rings is 1. The first kappa shape index (κ1) is 19.4. The number of esters is 1. The Hall–Kier alpha value is -2.38. The number of nitrogens with zero attached hydrogens (tertiary/aromatic N) is 1. The number of carbonyl (C=O) groups excluding carboxylic acids is 2. The molecule has 0 spiro atoms. The van der Waals surface area contributed by atoms with E-state index in [4.69, 9.17) is 21.4 Å². The van der Waals surface area contributed by atoms with Crippen LogP contribution in [-0.2, 0) is 9.53 Å². The average Bonchev–Trinajstić information content (AvgIpc) is 3.23. The first-order valence-electron chi connectivity index (χ1n) is 8.66.